The van der Waals surface area contributed by atoms with Crippen molar-refractivity contribution in [2.24, 2.45) is 0 Å². The Labute approximate surface area is 162 Å². The van der Waals surface area contributed by atoms with Crippen LogP contribution in [0.2, 0.25) is 0 Å². The van der Waals surface area contributed by atoms with E-state index in [0.29, 0.717) is 30.0 Å². The van der Waals surface area contributed by atoms with Crippen LogP contribution in [0.5, 0.6) is 0 Å². The summed E-state index contributed by atoms with van der Waals surface area (Å²) in [6.45, 7) is 0.866. The summed E-state index contributed by atoms with van der Waals surface area (Å²) in [4.78, 5) is 25.0. The molecule has 0 aliphatic heterocycles. The molecule has 2 aromatic carbocycles. The molecule has 2 N–H and O–H groups in total. The SMILES string of the molecule is COCc1ccccc1CNC(=O)c1ccccc1NC(=O)c1ccsc1. The van der Waals surface area contributed by atoms with Crippen LogP contribution in [0.1, 0.15) is 31.8 Å². The fourth-order valence-electron chi connectivity index (χ4n) is 2.68. The number of nitrogens with one attached hydrogen (secondary N) is 2. The van der Waals surface area contributed by atoms with Crippen LogP contribution in [0.4, 0.5) is 5.69 Å². The van der Waals surface area contributed by atoms with Gasteiger partial charge in [0.05, 0.1) is 23.4 Å². The van der Waals surface area contributed by atoms with E-state index in [1.165, 1.54) is 11.3 Å². The van der Waals surface area contributed by atoms with Crippen LogP contribution >= 0.6 is 11.3 Å². The van der Waals surface area contributed by atoms with E-state index in [4.69, 9.17) is 4.74 Å². The monoisotopic (exact) mass is 380 g/mol. The highest BCUT2D eigenvalue weighted by atomic mass is 32.1. The quantitative estimate of drug-likeness (QED) is 0.649. The third kappa shape index (κ3) is 4.81. The van der Waals surface area contributed by atoms with Gasteiger partial charge in [0.15, 0.2) is 0 Å². The topological polar surface area (TPSA) is 67.4 Å². The molecule has 0 radical (unpaired) electrons. The molecule has 0 aliphatic rings. The molecule has 1 aromatic heterocycles. The Balaban J connectivity index is 1.71. The maximum atomic E-state index is 12.7. The van der Waals surface area contributed by atoms with Crippen molar-refractivity contribution < 1.29 is 14.3 Å². The Hall–Kier alpha value is -2.96. The van der Waals surface area contributed by atoms with Crippen LogP contribution in [0, 0.1) is 0 Å². The van der Waals surface area contributed by atoms with Crippen LogP contribution in [-0.2, 0) is 17.9 Å². The van der Waals surface area contributed by atoms with Crippen molar-refractivity contribution in [1.29, 1.82) is 0 Å². The first kappa shape index (κ1) is 18.8. The average Bonchev–Trinajstić information content (AvgIpc) is 3.23. The van der Waals surface area contributed by atoms with Gasteiger partial charge in [0.1, 0.15) is 0 Å². The first-order chi connectivity index (χ1) is 13.2. The Morgan fingerprint density at radius 3 is 2.44 bits per heavy atom. The third-order valence-electron chi connectivity index (χ3n) is 4.06. The molecule has 6 heteroatoms. The molecule has 2 amide bonds. The van der Waals surface area contributed by atoms with Crippen LogP contribution < -0.4 is 10.6 Å². The summed E-state index contributed by atoms with van der Waals surface area (Å²) < 4.78 is 5.20. The van der Waals surface area contributed by atoms with Crippen molar-refractivity contribution in [1.82, 2.24) is 5.32 Å². The van der Waals surface area contributed by atoms with Gasteiger partial charge in [0, 0.05) is 19.0 Å². The summed E-state index contributed by atoms with van der Waals surface area (Å²) >= 11 is 1.45. The fourth-order valence-corrected chi connectivity index (χ4v) is 3.31. The highest BCUT2D eigenvalue weighted by molar-refractivity contribution is 7.08. The second-order valence-electron chi connectivity index (χ2n) is 5.90. The highest BCUT2D eigenvalue weighted by Gasteiger charge is 2.14. The number of anilines is 1. The van der Waals surface area contributed by atoms with Crippen molar-refractivity contribution in [2.45, 2.75) is 13.2 Å². The maximum Gasteiger partial charge on any atom is 0.256 e. The molecule has 0 atom stereocenters. The van der Waals surface area contributed by atoms with Gasteiger partial charge in [-0.05, 0) is 34.7 Å². The second-order valence-corrected chi connectivity index (χ2v) is 6.68. The Kier molecular flexibility index (Phi) is 6.35. The van der Waals surface area contributed by atoms with Gasteiger partial charge < -0.3 is 15.4 Å². The lowest BCUT2D eigenvalue weighted by molar-refractivity contribution is 0.0951. The first-order valence-electron chi connectivity index (χ1n) is 8.45. The number of para-hydroxylation sites is 1. The van der Waals surface area contributed by atoms with Crippen molar-refractivity contribution in [3.63, 3.8) is 0 Å². The molecule has 27 heavy (non-hydrogen) atoms. The van der Waals surface area contributed by atoms with Crippen molar-refractivity contribution in [3.05, 3.63) is 87.6 Å². The summed E-state index contributed by atoms with van der Waals surface area (Å²) in [5.74, 6) is -0.481. The summed E-state index contributed by atoms with van der Waals surface area (Å²) in [5, 5.41) is 9.34. The number of amides is 2. The normalized spacial score (nSPS) is 10.4. The zero-order valence-corrected chi connectivity index (χ0v) is 15.7. The number of hydrogen-bond donors (Lipinski definition) is 2. The predicted molar refractivity (Wildman–Crippen MR) is 107 cm³/mol. The fraction of sp³-hybridized carbons (Fsp3) is 0.143. The van der Waals surface area contributed by atoms with E-state index in [-0.39, 0.29) is 11.8 Å². The van der Waals surface area contributed by atoms with E-state index < -0.39 is 0 Å². The number of thiophene rings is 1. The van der Waals surface area contributed by atoms with E-state index in [1.54, 1.807) is 42.8 Å². The van der Waals surface area contributed by atoms with Crippen molar-refractivity contribution in [2.75, 3.05) is 12.4 Å². The van der Waals surface area contributed by atoms with Gasteiger partial charge in [-0.3, -0.25) is 9.59 Å². The lowest BCUT2D eigenvalue weighted by Crippen LogP contribution is -2.25. The number of hydrogen-bond acceptors (Lipinski definition) is 4. The van der Waals surface area contributed by atoms with E-state index in [1.807, 2.05) is 29.6 Å². The van der Waals surface area contributed by atoms with Crippen LogP contribution in [0.25, 0.3) is 0 Å². The number of rotatable bonds is 7. The van der Waals surface area contributed by atoms with E-state index in [0.717, 1.165) is 11.1 Å². The number of methoxy groups -OCH3 is 1. The molecular weight excluding hydrogens is 360 g/mol. The molecule has 1 heterocycles. The zero-order valence-electron chi connectivity index (χ0n) is 14.9. The van der Waals surface area contributed by atoms with Crippen molar-refractivity contribution >= 4 is 28.8 Å². The standard InChI is InChI=1S/C21H20N2O3S/c1-26-13-16-7-3-2-6-15(16)12-22-21(25)18-8-4-5-9-19(18)23-20(24)17-10-11-27-14-17/h2-11,14H,12-13H2,1H3,(H,22,25)(H,23,24). The van der Waals surface area contributed by atoms with Gasteiger partial charge in [-0.15, -0.1) is 0 Å². The molecular formula is C21H20N2O3S. The number of ether oxygens (including phenoxy) is 1. The van der Waals surface area contributed by atoms with Crippen molar-refractivity contribution in [3.8, 4) is 0 Å². The molecule has 0 bridgehead atoms. The summed E-state index contributed by atoms with van der Waals surface area (Å²) in [7, 11) is 1.64. The maximum absolute atomic E-state index is 12.7. The predicted octanol–water partition coefficient (Wildman–Crippen LogP) is 4.08. The van der Waals surface area contributed by atoms with E-state index in [9.17, 15) is 9.59 Å². The van der Waals surface area contributed by atoms with Gasteiger partial charge in [-0.25, -0.2) is 0 Å². The molecule has 0 fully saturated rings. The summed E-state index contributed by atoms with van der Waals surface area (Å²) in [5.41, 5.74) is 3.50. The van der Waals surface area contributed by atoms with Gasteiger partial charge in [0.25, 0.3) is 11.8 Å². The Morgan fingerprint density at radius 1 is 0.963 bits per heavy atom. The van der Waals surface area contributed by atoms with Gasteiger partial charge in [0.2, 0.25) is 0 Å². The molecule has 0 saturated carbocycles. The van der Waals surface area contributed by atoms with Crippen LogP contribution in [-0.4, -0.2) is 18.9 Å². The first-order valence-corrected chi connectivity index (χ1v) is 9.40. The van der Waals surface area contributed by atoms with Crippen LogP contribution in [0.3, 0.4) is 0 Å². The number of benzene rings is 2. The molecule has 3 aromatic rings. The summed E-state index contributed by atoms with van der Waals surface area (Å²) in [6.07, 6.45) is 0. The second kappa shape index (κ2) is 9.12. The number of carbonyl (C=O) groups is 2. The number of carbonyl (C=O) groups excluding carboxylic acids is 2. The summed E-state index contributed by atoms with van der Waals surface area (Å²) in [6, 6.07) is 16.5. The minimum absolute atomic E-state index is 0.234. The molecule has 5 nitrogen and oxygen atoms in total. The minimum Gasteiger partial charge on any atom is -0.380 e. The highest BCUT2D eigenvalue weighted by Crippen LogP contribution is 2.18. The smallest absolute Gasteiger partial charge is 0.256 e. The van der Waals surface area contributed by atoms with E-state index in [2.05, 4.69) is 10.6 Å². The largest absolute Gasteiger partial charge is 0.380 e. The molecule has 0 spiro atoms. The lowest BCUT2D eigenvalue weighted by atomic mass is 10.1. The molecule has 0 saturated heterocycles. The molecule has 0 aliphatic carbocycles. The zero-order chi connectivity index (χ0) is 19.1. The van der Waals surface area contributed by atoms with Gasteiger partial charge in [-0.2, -0.15) is 11.3 Å². The van der Waals surface area contributed by atoms with Gasteiger partial charge >= 0.3 is 0 Å². The Bertz CT molecular complexity index is 923. The van der Waals surface area contributed by atoms with Gasteiger partial charge in [-0.1, -0.05) is 36.4 Å². The van der Waals surface area contributed by atoms with Crippen LogP contribution in [0.15, 0.2) is 65.4 Å². The lowest BCUT2D eigenvalue weighted by Gasteiger charge is -2.13. The van der Waals surface area contributed by atoms with E-state index >= 15 is 0 Å². The molecule has 0 unspecified atom stereocenters. The minimum atomic E-state index is -0.247. The third-order valence-corrected chi connectivity index (χ3v) is 4.74. The molecule has 138 valence electrons. The Morgan fingerprint density at radius 2 is 1.70 bits per heavy atom. The average molecular weight is 380 g/mol. The molecule has 3 rings (SSSR count).